The van der Waals surface area contributed by atoms with Crippen LogP contribution in [0, 0.1) is 11.8 Å². The highest BCUT2D eigenvalue weighted by atomic mass is 32.2. The molecule has 5 atom stereocenters. The van der Waals surface area contributed by atoms with Crippen LogP contribution < -0.4 is 5.32 Å². The van der Waals surface area contributed by atoms with E-state index in [-0.39, 0.29) is 53.3 Å². The second-order valence-corrected chi connectivity index (χ2v) is 8.64. The molecule has 3 aliphatic rings. The number of nitrogens with one attached hydrogen (secondary N) is 1. The second-order valence-electron chi connectivity index (χ2n) is 7.29. The zero-order valence-electron chi connectivity index (χ0n) is 15.1. The molecule has 2 amide bonds. The van der Waals surface area contributed by atoms with Crippen LogP contribution in [0.2, 0.25) is 0 Å². The van der Waals surface area contributed by atoms with E-state index in [0.29, 0.717) is 24.3 Å². The van der Waals surface area contributed by atoms with Gasteiger partial charge in [0.25, 0.3) is 0 Å². The van der Waals surface area contributed by atoms with Gasteiger partial charge in [-0.05, 0) is 12.8 Å². The van der Waals surface area contributed by atoms with Crippen molar-refractivity contribution in [2.24, 2.45) is 11.8 Å². The summed E-state index contributed by atoms with van der Waals surface area (Å²) in [6, 6.07) is -0.439. The minimum atomic E-state index is -1.09. The molecule has 3 N–H and O–H groups in total. The molecule has 2 saturated heterocycles. The third kappa shape index (κ3) is 3.01. The van der Waals surface area contributed by atoms with Crippen LogP contribution in [0.15, 0.2) is 10.6 Å². The highest BCUT2D eigenvalue weighted by molar-refractivity contribution is 8.03. The molecule has 0 aliphatic carbocycles. The van der Waals surface area contributed by atoms with Gasteiger partial charge in [-0.3, -0.25) is 9.59 Å². The van der Waals surface area contributed by atoms with E-state index in [9.17, 15) is 24.6 Å². The number of fused-ring (bicyclic) bond motifs is 1. The number of amides is 2. The average Bonchev–Trinajstić information content (AvgIpc) is 3.14. The number of nitrogens with zero attached hydrogens (tertiary/aromatic N) is 2. The van der Waals surface area contributed by atoms with Gasteiger partial charge in [-0.1, -0.05) is 6.92 Å². The van der Waals surface area contributed by atoms with Crippen LogP contribution in [0.5, 0.6) is 0 Å². The number of carbonyl (C=O) groups is 3. The summed E-state index contributed by atoms with van der Waals surface area (Å²) in [5.74, 6) is -1.68. The summed E-state index contributed by atoms with van der Waals surface area (Å²) in [5, 5.41) is 22.1. The number of carboxylic acids is 1. The maximum Gasteiger partial charge on any atom is 0.353 e. The van der Waals surface area contributed by atoms with E-state index in [0.717, 1.165) is 0 Å². The fourth-order valence-corrected chi connectivity index (χ4v) is 5.65. The van der Waals surface area contributed by atoms with Crippen molar-refractivity contribution in [3.8, 4) is 0 Å². The number of likely N-dealkylation sites (N-methyl/N-ethyl adjacent to an activating group) is 1. The van der Waals surface area contributed by atoms with Crippen molar-refractivity contribution >= 4 is 29.5 Å². The van der Waals surface area contributed by atoms with Gasteiger partial charge in [-0.15, -0.1) is 11.8 Å². The molecular weight excluding hydrogens is 358 g/mol. The number of hydrogen-bond acceptors (Lipinski definition) is 6. The van der Waals surface area contributed by atoms with Gasteiger partial charge in [-0.25, -0.2) is 4.79 Å². The predicted molar refractivity (Wildman–Crippen MR) is 96.1 cm³/mol. The summed E-state index contributed by atoms with van der Waals surface area (Å²) in [6.45, 7) is 2.48. The van der Waals surface area contributed by atoms with Crippen molar-refractivity contribution in [2.75, 3.05) is 27.2 Å². The summed E-state index contributed by atoms with van der Waals surface area (Å²) in [4.78, 5) is 39.9. The number of aliphatic hydroxyl groups is 1. The Morgan fingerprint density at radius 1 is 1.38 bits per heavy atom. The summed E-state index contributed by atoms with van der Waals surface area (Å²) >= 11 is 1.47. The predicted octanol–water partition coefficient (Wildman–Crippen LogP) is -0.306. The Labute approximate surface area is 156 Å². The molecule has 0 aromatic carbocycles. The lowest BCUT2D eigenvalue weighted by Crippen LogP contribution is -2.60. The van der Waals surface area contributed by atoms with Gasteiger partial charge < -0.3 is 25.3 Å². The Morgan fingerprint density at radius 2 is 2.08 bits per heavy atom. The molecule has 9 heteroatoms. The van der Waals surface area contributed by atoms with Crippen molar-refractivity contribution in [1.29, 1.82) is 0 Å². The third-order valence-electron chi connectivity index (χ3n) is 5.43. The molecule has 0 radical (unpaired) electrons. The quantitative estimate of drug-likeness (QED) is 0.540. The van der Waals surface area contributed by atoms with E-state index in [1.165, 1.54) is 16.7 Å². The molecule has 3 aliphatic heterocycles. The lowest BCUT2D eigenvalue weighted by atomic mass is 9.80. The summed E-state index contributed by atoms with van der Waals surface area (Å²) in [7, 11) is 3.43. The van der Waals surface area contributed by atoms with Crippen LogP contribution in [0.3, 0.4) is 0 Å². The number of β-lactam (4-membered cyclic amide) rings is 1. The topological polar surface area (TPSA) is 110 Å². The summed E-state index contributed by atoms with van der Waals surface area (Å²) in [6.07, 6.45) is 0.989. The first-order chi connectivity index (χ1) is 12.3. The molecule has 0 spiro atoms. The summed E-state index contributed by atoms with van der Waals surface area (Å²) < 4.78 is 0. The van der Waals surface area contributed by atoms with Crippen molar-refractivity contribution in [2.45, 2.75) is 37.1 Å². The van der Waals surface area contributed by atoms with Crippen molar-refractivity contribution in [3.05, 3.63) is 10.6 Å². The molecule has 3 rings (SSSR count). The summed E-state index contributed by atoms with van der Waals surface area (Å²) in [5.41, 5.74) is 0.0778. The number of aliphatic hydroxyl groups excluding tert-OH is 1. The minimum absolute atomic E-state index is 0.0158. The van der Waals surface area contributed by atoms with Gasteiger partial charge in [0, 0.05) is 43.3 Å². The number of carbonyl (C=O) groups excluding carboxylic acids is 2. The lowest BCUT2D eigenvalue weighted by Gasteiger charge is -2.45. The SMILES string of the molecule is CC1C(SC2CNC(C(=O)N(C)C)C2)=C(C(=O)O)N2C(=O)C(CCO)[C@H]12. The Bertz CT molecular complexity index is 665. The van der Waals surface area contributed by atoms with Gasteiger partial charge in [0.15, 0.2) is 0 Å². The van der Waals surface area contributed by atoms with Crippen LogP contribution in [-0.2, 0) is 14.4 Å². The monoisotopic (exact) mass is 383 g/mol. The Balaban J connectivity index is 1.76. The third-order valence-corrected chi connectivity index (χ3v) is 6.94. The van der Waals surface area contributed by atoms with Gasteiger partial charge in [0.05, 0.1) is 18.0 Å². The molecule has 0 saturated carbocycles. The molecule has 8 nitrogen and oxygen atoms in total. The highest BCUT2D eigenvalue weighted by Gasteiger charge is 2.58. The van der Waals surface area contributed by atoms with E-state index in [1.807, 2.05) is 6.92 Å². The van der Waals surface area contributed by atoms with Crippen LogP contribution in [0.4, 0.5) is 0 Å². The molecule has 0 aromatic heterocycles. The maximum absolute atomic E-state index is 12.3. The molecule has 3 heterocycles. The Kier molecular flexibility index (Phi) is 5.32. The average molecular weight is 383 g/mol. The molecule has 2 fully saturated rings. The molecule has 0 aromatic rings. The molecule has 0 bridgehead atoms. The van der Waals surface area contributed by atoms with Crippen LogP contribution in [0.1, 0.15) is 19.8 Å². The van der Waals surface area contributed by atoms with Gasteiger partial charge in [0.2, 0.25) is 11.8 Å². The molecule has 144 valence electrons. The number of rotatable bonds is 6. The van der Waals surface area contributed by atoms with Gasteiger partial charge >= 0.3 is 5.97 Å². The number of hydrogen-bond donors (Lipinski definition) is 3. The lowest BCUT2D eigenvalue weighted by molar-refractivity contribution is -0.157. The first kappa shape index (κ1) is 19.2. The number of aliphatic carboxylic acids is 1. The van der Waals surface area contributed by atoms with Crippen LogP contribution in [-0.4, -0.2) is 82.4 Å². The molecular formula is C17H25N3O5S. The fourth-order valence-electron chi connectivity index (χ4n) is 4.17. The Hall–Kier alpha value is -1.58. The van der Waals surface area contributed by atoms with Crippen LogP contribution in [0.25, 0.3) is 0 Å². The van der Waals surface area contributed by atoms with Crippen LogP contribution >= 0.6 is 11.8 Å². The zero-order valence-corrected chi connectivity index (χ0v) is 16.0. The number of thioether (sulfide) groups is 1. The van der Waals surface area contributed by atoms with E-state index >= 15 is 0 Å². The van der Waals surface area contributed by atoms with Gasteiger partial charge in [-0.2, -0.15) is 0 Å². The fraction of sp³-hybridized carbons (Fsp3) is 0.706. The maximum atomic E-state index is 12.3. The van der Waals surface area contributed by atoms with E-state index in [1.54, 1.807) is 19.0 Å². The second kappa shape index (κ2) is 7.21. The largest absolute Gasteiger partial charge is 0.477 e. The zero-order chi connectivity index (χ0) is 19.2. The van der Waals surface area contributed by atoms with Crippen molar-refractivity contribution in [1.82, 2.24) is 15.1 Å². The standard InChI is InChI=1S/C17H25N3O5S/c1-8-12-10(4-5-21)15(22)20(12)13(17(24)25)14(8)26-9-6-11(18-7-9)16(23)19(2)3/h8-12,18,21H,4-7H2,1-3H3,(H,24,25)/t8?,9?,10?,11?,12-/m0/s1. The highest BCUT2D eigenvalue weighted by Crippen LogP contribution is 2.51. The number of carboxylic acid groups (broad SMARTS) is 1. The molecule has 26 heavy (non-hydrogen) atoms. The van der Waals surface area contributed by atoms with E-state index < -0.39 is 5.97 Å². The normalized spacial score (nSPS) is 33.3. The van der Waals surface area contributed by atoms with E-state index in [2.05, 4.69) is 5.32 Å². The van der Waals surface area contributed by atoms with Crippen molar-refractivity contribution < 1.29 is 24.6 Å². The molecule has 4 unspecified atom stereocenters. The van der Waals surface area contributed by atoms with Gasteiger partial charge in [0.1, 0.15) is 5.70 Å². The minimum Gasteiger partial charge on any atom is -0.477 e. The van der Waals surface area contributed by atoms with E-state index in [4.69, 9.17) is 0 Å². The first-order valence-electron chi connectivity index (χ1n) is 8.80. The Morgan fingerprint density at radius 3 is 2.65 bits per heavy atom. The smallest absolute Gasteiger partial charge is 0.353 e. The first-order valence-corrected chi connectivity index (χ1v) is 9.68. The van der Waals surface area contributed by atoms with Crippen molar-refractivity contribution in [3.63, 3.8) is 0 Å².